The van der Waals surface area contributed by atoms with Crippen LogP contribution in [0.2, 0.25) is 5.02 Å². The third-order valence-corrected chi connectivity index (χ3v) is 4.58. The molecule has 3 aromatic rings. The van der Waals surface area contributed by atoms with Crippen LogP contribution in [0.15, 0.2) is 60.7 Å². The highest BCUT2D eigenvalue weighted by molar-refractivity contribution is 6.30. The summed E-state index contributed by atoms with van der Waals surface area (Å²) < 4.78 is 1.56. The average Bonchev–Trinajstić information content (AvgIpc) is 3.14. The van der Waals surface area contributed by atoms with Crippen molar-refractivity contribution in [1.29, 1.82) is 0 Å². The maximum absolute atomic E-state index is 12.6. The zero-order valence-electron chi connectivity index (χ0n) is 16.4. The molecule has 0 spiro atoms. The Kier molecular flexibility index (Phi) is 6.67. The van der Waals surface area contributed by atoms with E-state index in [1.807, 2.05) is 68.4 Å². The SMILES string of the molecule is CC(C)C(=O)Nc1cc(C(=O)NCCc2ccc(Cl)cc2)nn1-c1ccccc1. The molecule has 0 fully saturated rings. The van der Waals surface area contributed by atoms with Crippen molar-refractivity contribution in [2.45, 2.75) is 20.3 Å². The highest BCUT2D eigenvalue weighted by Gasteiger charge is 2.18. The lowest BCUT2D eigenvalue weighted by Crippen LogP contribution is -2.26. The van der Waals surface area contributed by atoms with Gasteiger partial charge in [0.25, 0.3) is 5.91 Å². The monoisotopic (exact) mass is 410 g/mol. The van der Waals surface area contributed by atoms with Crippen molar-refractivity contribution in [3.05, 3.63) is 76.9 Å². The number of hydrogen-bond donors (Lipinski definition) is 2. The van der Waals surface area contributed by atoms with Gasteiger partial charge in [0.2, 0.25) is 5.91 Å². The molecule has 2 amide bonds. The Hall–Kier alpha value is -3.12. The Labute approximate surface area is 174 Å². The van der Waals surface area contributed by atoms with Crippen LogP contribution in [0.25, 0.3) is 5.69 Å². The van der Waals surface area contributed by atoms with E-state index in [4.69, 9.17) is 11.6 Å². The van der Waals surface area contributed by atoms with E-state index in [0.717, 1.165) is 11.3 Å². The summed E-state index contributed by atoms with van der Waals surface area (Å²) in [6.07, 6.45) is 0.680. The number of hydrogen-bond acceptors (Lipinski definition) is 3. The highest BCUT2D eigenvalue weighted by Crippen LogP contribution is 2.18. The summed E-state index contributed by atoms with van der Waals surface area (Å²) in [4.78, 5) is 24.8. The number of carbonyl (C=O) groups is 2. The minimum absolute atomic E-state index is 0.142. The van der Waals surface area contributed by atoms with E-state index in [9.17, 15) is 9.59 Å². The van der Waals surface area contributed by atoms with Gasteiger partial charge in [0.05, 0.1) is 5.69 Å². The van der Waals surface area contributed by atoms with Gasteiger partial charge in [-0.1, -0.05) is 55.8 Å². The lowest BCUT2D eigenvalue weighted by atomic mass is 10.1. The molecule has 1 heterocycles. The van der Waals surface area contributed by atoms with E-state index >= 15 is 0 Å². The molecule has 0 saturated carbocycles. The zero-order valence-corrected chi connectivity index (χ0v) is 17.1. The largest absolute Gasteiger partial charge is 0.350 e. The molecule has 7 heteroatoms. The van der Waals surface area contributed by atoms with Crippen LogP contribution < -0.4 is 10.6 Å². The number of nitrogens with one attached hydrogen (secondary N) is 2. The lowest BCUT2D eigenvalue weighted by Gasteiger charge is -2.10. The van der Waals surface area contributed by atoms with E-state index in [1.54, 1.807) is 10.7 Å². The Morgan fingerprint density at radius 1 is 1.07 bits per heavy atom. The quantitative estimate of drug-likeness (QED) is 0.615. The van der Waals surface area contributed by atoms with Crippen molar-refractivity contribution in [2.75, 3.05) is 11.9 Å². The second kappa shape index (κ2) is 9.39. The van der Waals surface area contributed by atoms with Gasteiger partial charge in [-0.15, -0.1) is 0 Å². The summed E-state index contributed by atoms with van der Waals surface area (Å²) in [5.41, 5.74) is 2.07. The van der Waals surface area contributed by atoms with Crippen LogP contribution in [-0.4, -0.2) is 28.1 Å². The number of halogens is 1. The molecule has 0 radical (unpaired) electrons. The number of anilines is 1. The van der Waals surface area contributed by atoms with Gasteiger partial charge in [-0.3, -0.25) is 9.59 Å². The number of aromatic nitrogens is 2. The summed E-state index contributed by atoms with van der Waals surface area (Å²) in [5.74, 6) is -0.172. The van der Waals surface area contributed by atoms with Crippen LogP contribution >= 0.6 is 11.6 Å². The molecule has 0 saturated heterocycles. The number of para-hydroxylation sites is 1. The van der Waals surface area contributed by atoms with Crippen LogP contribution in [0.4, 0.5) is 5.82 Å². The van der Waals surface area contributed by atoms with Crippen molar-refractivity contribution in [2.24, 2.45) is 5.92 Å². The van der Waals surface area contributed by atoms with Crippen LogP contribution in [0.3, 0.4) is 0 Å². The molecule has 6 nitrogen and oxygen atoms in total. The molecule has 0 aliphatic carbocycles. The molecule has 1 aromatic heterocycles. The van der Waals surface area contributed by atoms with Gasteiger partial charge >= 0.3 is 0 Å². The second-order valence-corrected chi connectivity index (χ2v) is 7.37. The molecule has 0 atom stereocenters. The highest BCUT2D eigenvalue weighted by atomic mass is 35.5. The fourth-order valence-corrected chi connectivity index (χ4v) is 2.81. The van der Waals surface area contributed by atoms with Gasteiger partial charge < -0.3 is 10.6 Å². The first kappa shape index (κ1) is 20.6. The minimum atomic E-state index is -0.298. The summed E-state index contributed by atoms with van der Waals surface area (Å²) in [7, 11) is 0. The number of carbonyl (C=O) groups excluding carboxylic acids is 2. The minimum Gasteiger partial charge on any atom is -0.350 e. The Bertz CT molecular complexity index is 982. The first-order chi connectivity index (χ1) is 13.9. The van der Waals surface area contributed by atoms with Crippen molar-refractivity contribution in [1.82, 2.24) is 15.1 Å². The van der Waals surface area contributed by atoms with Gasteiger partial charge in [0, 0.05) is 23.6 Å². The summed E-state index contributed by atoms with van der Waals surface area (Å²) in [5, 5.41) is 10.8. The van der Waals surface area contributed by atoms with E-state index in [0.29, 0.717) is 23.8 Å². The van der Waals surface area contributed by atoms with Crippen molar-refractivity contribution in [3.8, 4) is 5.69 Å². The fraction of sp³-hybridized carbons (Fsp3) is 0.227. The maximum Gasteiger partial charge on any atom is 0.271 e. The molecule has 2 N–H and O–H groups in total. The zero-order chi connectivity index (χ0) is 20.8. The van der Waals surface area contributed by atoms with Gasteiger partial charge in [0.1, 0.15) is 5.82 Å². The van der Waals surface area contributed by atoms with Crippen LogP contribution in [0.5, 0.6) is 0 Å². The van der Waals surface area contributed by atoms with Crippen molar-refractivity contribution >= 4 is 29.2 Å². The second-order valence-electron chi connectivity index (χ2n) is 6.94. The van der Waals surface area contributed by atoms with Crippen LogP contribution in [-0.2, 0) is 11.2 Å². The predicted molar refractivity (Wildman–Crippen MR) is 115 cm³/mol. The maximum atomic E-state index is 12.6. The van der Waals surface area contributed by atoms with Gasteiger partial charge in [0.15, 0.2) is 5.69 Å². The van der Waals surface area contributed by atoms with Crippen molar-refractivity contribution in [3.63, 3.8) is 0 Å². The molecular weight excluding hydrogens is 388 g/mol. The molecule has 3 rings (SSSR count). The smallest absolute Gasteiger partial charge is 0.271 e. The molecule has 0 aliphatic rings. The standard InChI is InChI=1S/C22H23ClN4O2/c1-15(2)21(28)25-20-14-19(26-27(20)18-6-4-3-5-7-18)22(29)24-13-12-16-8-10-17(23)11-9-16/h3-11,14-15H,12-13H2,1-2H3,(H,24,29)(H,25,28). The Balaban J connectivity index is 1.74. The third kappa shape index (κ3) is 5.45. The van der Waals surface area contributed by atoms with Crippen LogP contribution in [0, 0.1) is 5.92 Å². The van der Waals surface area contributed by atoms with Crippen molar-refractivity contribution < 1.29 is 9.59 Å². The molecule has 150 valence electrons. The first-order valence-corrected chi connectivity index (χ1v) is 9.81. The Morgan fingerprint density at radius 3 is 2.41 bits per heavy atom. The first-order valence-electron chi connectivity index (χ1n) is 9.43. The van der Waals surface area contributed by atoms with E-state index in [1.165, 1.54) is 0 Å². The van der Waals surface area contributed by atoms with Gasteiger partial charge in [-0.05, 0) is 36.2 Å². The number of benzene rings is 2. The summed E-state index contributed by atoms with van der Waals surface area (Å²) in [6, 6.07) is 18.5. The molecule has 0 bridgehead atoms. The molecule has 0 unspecified atom stereocenters. The topological polar surface area (TPSA) is 76.0 Å². The normalized spacial score (nSPS) is 10.8. The summed E-state index contributed by atoms with van der Waals surface area (Å²) in [6.45, 7) is 4.08. The number of amides is 2. The molecule has 2 aromatic carbocycles. The molecular formula is C22H23ClN4O2. The van der Waals surface area contributed by atoms with Gasteiger partial charge in [-0.2, -0.15) is 5.10 Å². The van der Waals surface area contributed by atoms with E-state index in [2.05, 4.69) is 15.7 Å². The molecule has 0 aliphatic heterocycles. The van der Waals surface area contributed by atoms with Crippen LogP contribution in [0.1, 0.15) is 29.9 Å². The number of rotatable bonds is 7. The molecule has 29 heavy (non-hydrogen) atoms. The summed E-state index contributed by atoms with van der Waals surface area (Å²) >= 11 is 5.89. The van der Waals surface area contributed by atoms with Gasteiger partial charge in [-0.25, -0.2) is 4.68 Å². The average molecular weight is 411 g/mol. The van der Waals surface area contributed by atoms with E-state index in [-0.39, 0.29) is 23.4 Å². The third-order valence-electron chi connectivity index (χ3n) is 4.33. The number of nitrogens with zero attached hydrogens (tertiary/aromatic N) is 2. The lowest BCUT2D eigenvalue weighted by molar-refractivity contribution is -0.118. The Morgan fingerprint density at radius 2 is 1.76 bits per heavy atom. The fourth-order valence-electron chi connectivity index (χ4n) is 2.68. The van der Waals surface area contributed by atoms with E-state index < -0.39 is 0 Å². The predicted octanol–water partition coefficient (Wildman–Crippen LogP) is 4.09.